The zero-order valence-corrected chi connectivity index (χ0v) is 8.12. The molecule has 5 nitrogen and oxygen atoms in total. The summed E-state index contributed by atoms with van der Waals surface area (Å²) in [5.41, 5.74) is 1.08. The van der Waals surface area contributed by atoms with Crippen LogP contribution in [0.3, 0.4) is 0 Å². The van der Waals surface area contributed by atoms with Gasteiger partial charge in [-0.2, -0.15) is 0 Å². The number of nitrogens with zero attached hydrogens (tertiary/aromatic N) is 3. The van der Waals surface area contributed by atoms with Gasteiger partial charge in [0.05, 0.1) is 19.0 Å². The number of carbonyl (C=O) groups is 1. The second-order valence-corrected chi connectivity index (χ2v) is 2.86. The van der Waals surface area contributed by atoms with Crippen LogP contribution >= 0.6 is 0 Å². The molecular formula is C10H9N3O2. The van der Waals surface area contributed by atoms with E-state index in [1.54, 1.807) is 0 Å². The van der Waals surface area contributed by atoms with E-state index in [1.807, 2.05) is 30.3 Å². The summed E-state index contributed by atoms with van der Waals surface area (Å²) < 4.78 is 6.05. The highest BCUT2D eigenvalue weighted by atomic mass is 16.5. The van der Waals surface area contributed by atoms with Crippen LogP contribution in [0.15, 0.2) is 36.5 Å². The summed E-state index contributed by atoms with van der Waals surface area (Å²) in [6.45, 7) is 0. The summed E-state index contributed by atoms with van der Waals surface area (Å²) in [6.07, 6.45) is 1.37. The van der Waals surface area contributed by atoms with Gasteiger partial charge in [-0.05, 0) is 12.1 Å². The van der Waals surface area contributed by atoms with Crippen molar-refractivity contribution in [3.63, 3.8) is 0 Å². The molecule has 0 aliphatic heterocycles. The maximum atomic E-state index is 11.3. The third kappa shape index (κ3) is 1.71. The minimum absolute atomic E-state index is 0.309. The molecular weight excluding hydrogens is 194 g/mol. The van der Waals surface area contributed by atoms with E-state index < -0.39 is 5.97 Å². The van der Waals surface area contributed by atoms with Gasteiger partial charge in [0.25, 0.3) is 0 Å². The summed E-state index contributed by atoms with van der Waals surface area (Å²) in [5.74, 6) is -0.455. The zero-order chi connectivity index (χ0) is 10.7. The first-order valence-electron chi connectivity index (χ1n) is 4.37. The Morgan fingerprint density at radius 3 is 2.73 bits per heavy atom. The van der Waals surface area contributed by atoms with Crippen molar-refractivity contribution < 1.29 is 9.53 Å². The van der Waals surface area contributed by atoms with E-state index >= 15 is 0 Å². The van der Waals surface area contributed by atoms with E-state index in [0.717, 1.165) is 5.69 Å². The highest BCUT2D eigenvalue weighted by Gasteiger charge is 2.14. The molecule has 2 rings (SSSR count). The number of aromatic nitrogens is 3. The van der Waals surface area contributed by atoms with Gasteiger partial charge in [0.15, 0.2) is 5.69 Å². The van der Waals surface area contributed by atoms with Crippen LogP contribution in [0.25, 0.3) is 5.69 Å². The molecule has 0 bridgehead atoms. The van der Waals surface area contributed by atoms with Crippen LogP contribution in [0.5, 0.6) is 0 Å². The van der Waals surface area contributed by atoms with Crippen LogP contribution in [0, 0.1) is 0 Å². The molecule has 0 spiro atoms. The second kappa shape index (κ2) is 3.91. The molecule has 15 heavy (non-hydrogen) atoms. The minimum Gasteiger partial charge on any atom is -0.464 e. The Balaban J connectivity index is 2.46. The van der Waals surface area contributed by atoms with E-state index in [-0.39, 0.29) is 0 Å². The molecule has 2 aromatic rings. The maximum Gasteiger partial charge on any atom is 0.358 e. The SMILES string of the molecule is COC(=O)c1cnnn1-c1ccccc1. The molecule has 0 N–H and O–H groups in total. The maximum absolute atomic E-state index is 11.3. The Morgan fingerprint density at radius 2 is 2.07 bits per heavy atom. The first-order chi connectivity index (χ1) is 7.33. The summed E-state index contributed by atoms with van der Waals surface area (Å²) in [6, 6.07) is 9.27. The Labute approximate surface area is 86.3 Å². The number of para-hydroxylation sites is 1. The monoisotopic (exact) mass is 203 g/mol. The molecule has 0 fully saturated rings. The number of carbonyl (C=O) groups excluding carboxylic acids is 1. The third-order valence-electron chi connectivity index (χ3n) is 1.94. The zero-order valence-electron chi connectivity index (χ0n) is 8.12. The van der Waals surface area contributed by atoms with Crippen molar-refractivity contribution in [2.24, 2.45) is 0 Å². The number of hydrogen-bond donors (Lipinski definition) is 0. The molecule has 0 radical (unpaired) electrons. The fraction of sp³-hybridized carbons (Fsp3) is 0.100. The number of esters is 1. The Morgan fingerprint density at radius 1 is 1.33 bits per heavy atom. The van der Waals surface area contributed by atoms with Crippen molar-refractivity contribution in [3.05, 3.63) is 42.2 Å². The average Bonchev–Trinajstić information content (AvgIpc) is 2.78. The molecule has 0 aliphatic rings. The fourth-order valence-corrected chi connectivity index (χ4v) is 1.24. The molecule has 0 saturated carbocycles. The van der Waals surface area contributed by atoms with Gasteiger partial charge in [-0.25, -0.2) is 9.48 Å². The predicted octanol–water partition coefficient (Wildman–Crippen LogP) is 1.05. The van der Waals surface area contributed by atoms with Crippen molar-refractivity contribution in [2.75, 3.05) is 7.11 Å². The molecule has 0 aliphatic carbocycles. The molecule has 0 unspecified atom stereocenters. The van der Waals surface area contributed by atoms with Crippen LogP contribution in [0.2, 0.25) is 0 Å². The number of ether oxygens (including phenoxy) is 1. The highest BCUT2D eigenvalue weighted by molar-refractivity contribution is 5.87. The lowest BCUT2D eigenvalue weighted by molar-refractivity contribution is 0.0590. The topological polar surface area (TPSA) is 57.0 Å². The molecule has 5 heteroatoms. The van der Waals surface area contributed by atoms with Gasteiger partial charge in [-0.3, -0.25) is 0 Å². The molecule has 1 aromatic heterocycles. The van der Waals surface area contributed by atoms with E-state index in [4.69, 9.17) is 0 Å². The highest BCUT2D eigenvalue weighted by Crippen LogP contribution is 2.08. The van der Waals surface area contributed by atoms with Crippen molar-refractivity contribution in [1.29, 1.82) is 0 Å². The summed E-state index contributed by atoms with van der Waals surface area (Å²) in [5, 5.41) is 7.50. The molecule has 76 valence electrons. The first kappa shape index (κ1) is 9.39. The van der Waals surface area contributed by atoms with E-state index in [1.165, 1.54) is 18.0 Å². The average molecular weight is 203 g/mol. The number of hydrogen-bond acceptors (Lipinski definition) is 4. The Bertz CT molecular complexity index is 465. The summed E-state index contributed by atoms with van der Waals surface area (Å²) >= 11 is 0. The number of benzene rings is 1. The van der Waals surface area contributed by atoms with Gasteiger partial charge in [0.1, 0.15) is 0 Å². The van der Waals surface area contributed by atoms with Crippen molar-refractivity contribution in [1.82, 2.24) is 15.0 Å². The molecule has 0 saturated heterocycles. The lowest BCUT2D eigenvalue weighted by atomic mass is 10.3. The summed E-state index contributed by atoms with van der Waals surface area (Å²) in [4.78, 5) is 11.3. The van der Waals surface area contributed by atoms with Gasteiger partial charge in [0, 0.05) is 0 Å². The standard InChI is InChI=1S/C10H9N3O2/c1-15-10(14)9-7-11-12-13(9)8-5-3-2-4-6-8/h2-7H,1H3. The van der Waals surface area contributed by atoms with Crippen LogP contribution < -0.4 is 0 Å². The lowest BCUT2D eigenvalue weighted by Crippen LogP contribution is -2.09. The molecule has 0 amide bonds. The minimum atomic E-state index is -0.455. The summed E-state index contributed by atoms with van der Waals surface area (Å²) in [7, 11) is 1.32. The smallest absolute Gasteiger partial charge is 0.358 e. The van der Waals surface area contributed by atoms with Crippen molar-refractivity contribution in [2.45, 2.75) is 0 Å². The quantitative estimate of drug-likeness (QED) is 0.684. The Hall–Kier alpha value is -2.17. The fourth-order valence-electron chi connectivity index (χ4n) is 1.24. The predicted molar refractivity (Wildman–Crippen MR) is 52.7 cm³/mol. The van der Waals surface area contributed by atoms with E-state index in [2.05, 4.69) is 15.0 Å². The molecule has 0 atom stereocenters. The van der Waals surface area contributed by atoms with Gasteiger partial charge >= 0.3 is 5.97 Å². The van der Waals surface area contributed by atoms with Crippen LogP contribution in [0.1, 0.15) is 10.5 Å². The number of methoxy groups -OCH3 is 1. The third-order valence-corrected chi connectivity index (χ3v) is 1.94. The van der Waals surface area contributed by atoms with Crippen LogP contribution in [0.4, 0.5) is 0 Å². The molecule has 1 aromatic carbocycles. The van der Waals surface area contributed by atoms with Crippen LogP contribution in [-0.4, -0.2) is 28.1 Å². The van der Waals surface area contributed by atoms with Gasteiger partial charge in [-0.15, -0.1) is 5.10 Å². The Kier molecular flexibility index (Phi) is 2.45. The largest absolute Gasteiger partial charge is 0.464 e. The van der Waals surface area contributed by atoms with E-state index in [9.17, 15) is 4.79 Å². The van der Waals surface area contributed by atoms with Crippen molar-refractivity contribution in [3.8, 4) is 5.69 Å². The number of rotatable bonds is 2. The van der Waals surface area contributed by atoms with Gasteiger partial charge in [0.2, 0.25) is 0 Å². The van der Waals surface area contributed by atoms with Crippen LogP contribution in [-0.2, 0) is 4.74 Å². The molecule has 1 heterocycles. The lowest BCUT2D eigenvalue weighted by Gasteiger charge is -2.03. The first-order valence-corrected chi connectivity index (χ1v) is 4.37. The second-order valence-electron chi connectivity index (χ2n) is 2.86. The van der Waals surface area contributed by atoms with Gasteiger partial charge in [-0.1, -0.05) is 23.4 Å². The van der Waals surface area contributed by atoms with E-state index in [0.29, 0.717) is 5.69 Å². The normalized spacial score (nSPS) is 9.93. The van der Waals surface area contributed by atoms with Crippen molar-refractivity contribution >= 4 is 5.97 Å². The van der Waals surface area contributed by atoms with Gasteiger partial charge < -0.3 is 4.74 Å².